The van der Waals surface area contributed by atoms with Crippen molar-refractivity contribution in [1.82, 2.24) is 10.2 Å². The van der Waals surface area contributed by atoms with E-state index in [0.717, 1.165) is 31.7 Å². The minimum atomic E-state index is -0.924. The normalized spacial score (nSPS) is 17.3. The maximum Gasteiger partial charge on any atom is 0.339 e. The van der Waals surface area contributed by atoms with Gasteiger partial charge in [-0.2, -0.15) is 0 Å². The zero-order valence-corrected chi connectivity index (χ0v) is 10.9. The van der Waals surface area contributed by atoms with Gasteiger partial charge >= 0.3 is 5.97 Å². The van der Waals surface area contributed by atoms with Gasteiger partial charge in [-0.05, 0) is 46.0 Å². The minimum Gasteiger partial charge on any atom is -0.478 e. The summed E-state index contributed by atoms with van der Waals surface area (Å²) < 4.78 is 5.50. The summed E-state index contributed by atoms with van der Waals surface area (Å²) in [4.78, 5) is 13.2. The van der Waals surface area contributed by atoms with E-state index in [9.17, 15) is 4.79 Å². The third-order valence-electron chi connectivity index (χ3n) is 3.54. The molecule has 0 aromatic carbocycles. The van der Waals surface area contributed by atoms with E-state index in [1.807, 2.05) is 0 Å². The molecule has 0 atom stereocenters. The highest BCUT2D eigenvalue weighted by atomic mass is 16.4. The topological polar surface area (TPSA) is 65.7 Å². The van der Waals surface area contributed by atoms with Crippen LogP contribution in [0.3, 0.4) is 0 Å². The molecule has 5 heteroatoms. The van der Waals surface area contributed by atoms with E-state index in [1.54, 1.807) is 13.0 Å². The standard InChI is InChI=1S/C13H20N2O3/c1-9-12(13(16)17)7-11(18-9)8-15(2)10-3-5-14-6-4-10/h7,10,14H,3-6,8H2,1-2H3,(H,16,17). The summed E-state index contributed by atoms with van der Waals surface area (Å²) in [6.07, 6.45) is 2.25. The quantitative estimate of drug-likeness (QED) is 0.849. The van der Waals surface area contributed by atoms with Crippen molar-refractivity contribution in [1.29, 1.82) is 0 Å². The Morgan fingerprint density at radius 1 is 1.56 bits per heavy atom. The molecule has 5 nitrogen and oxygen atoms in total. The summed E-state index contributed by atoms with van der Waals surface area (Å²) >= 11 is 0. The summed E-state index contributed by atoms with van der Waals surface area (Å²) in [5, 5.41) is 12.3. The highest BCUT2D eigenvalue weighted by molar-refractivity contribution is 5.88. The van der Waals surface area contributed by atoms with Crippen LogP contribution in [0.15, 0.2) is 10.5 Å². The molecule has 100 valence electrons. The van der Waals surface area contributed by atoms with Crippen LogP contribution in [0, 0.1) is 6.92 Å². The molecule has 2 heterocycles. The Kier molecular flexibility index (Phi) is 4.04. The van der Waals surface area contributed by atoms with Gasteiger partial charge < -0.3 is 14.8 Å². The summed E-state index contributed by atoms with van der Waals surface area (Å²) in [7, 11) is 2.06. The summed E-state index contributed by atoms with van der Waals surface area (Å²) in [6, 6.07) is 2.18. The van der Waals surface area contributed by atoms with Gasteiger partial charge in [-0.15, -0.1) is 0 Å². The lowest BCUT2D eigenvalue weighted by Gasteiger charge is -2.30. The fraction of sp³-hybridized carbons (Fsp3) is 0.615. The Labute approximate surface area is 107 Å². The molecular formula is C13H20N2O3. The van der Waals surface area contributed by atoms with Gasteiger partial charge in [0.1, 0.15) is 17.1 Å². The predicted octanol–water partition coefficient (Wildman–Crippen LogP) is 1.47. The van der Waals surface area contributed by atoms with E-state index >= 15 is 0 Å². The number of nitrogens with one attached hydrogen (secondary N) is 1. The van der Waals surface area contributed by atoms with Gasteiger partial charge in [0.15, 0.2) is 0 Å². The summed E-state index contributed by atoms with van der Waals surface area (Å²) in [5.41, 5.74) is 0.267. The van der Waals surface area contributed by atoms with Gasteiger partial charge in [0.25, 0.3) is 0 Å². The molecule has 2 N–H and O–H groups in total. The molecule has 1 aromatic heterocycles. The molecule has 1 aromatic rings. The monoisotopic (exact) mass is 252 g/mol. The zero-order valence-electron chi connectivity index (χ0n) is 10.9. The van der Waals surface area contributed by atoms with Crippen molar-refractivity contribution in [3.63, 3.8) is 0 Å². The molecule has 2 rings (SSSR count). The van der Waals surface area contributed by atoms with Crippen LogP contribution in [0.4, 0.5) is 0 Å². The molecule has 1 aliphatic heterocycles. The van der Waals surface area contributed by atoms with E-state index in [0.29, 0.717) is 18.3 Å². The number of carboxylic acid groups (broad SMARTS) is 1. The largest absolute Gasteiger partial charge is 0.478 e. The Morgan fingerprint density at radius 3 is 2.78 bits per heavy atom. The van der Waals surface area contributed by atoms with Gasteiger partial charge in [0.05, 0.1) is 6.54 Å². The molecule has 0 amide bonds. The SMILES string of the molecule is Cc1oc(CN(C)C2CCNCC2)cc1C(=O)O. The predicted molar refractivity (Wildman–Crippen MR) is 67.8 cm³/mol. The molecule has 0 saturated carbocycles. The van der Waals surface area contributed by atoms with Crippen LogP contribution in [-0.2, 0) is 6.54 Å². The Morgan fingerprint density at radius 2 is 2.22 bits per heavy atom. The highest BCUT2D eigenvalue weighted by Gasteiger charge is 2.20. The number of hydrogen-bond donors (Lipinski definition) is 2. The molecule has 1 aliphatic rings. The van der Waals surface area contributed by atoms with Crippen LogP contribution in [0.5, 0.6) is 0 Å². The van der Waals surface area contributed by atoms with Crippen LogP contribution in [-0.4, -0.2) is 42.2 Å². The van der Waals surface area contributed by atoms with E-state index in [-0.39, 0.29) is 5.56 Å². The van der Waals surface area contributed by atoms with Crippen molar-refractivity contribution in [2.24, 2.45) is 0 Å². The smallest absolute Gasteiger partial charge is 0.339 e. The maximum absolute atomic E-state index is 10.9. The molecule has 0 radical (unpaired) electrons. The lowest BCUT2D eigenvalue weighted by molar-refractivity contribution is 0.0695. The highest BCUT2D eigenvalue weighted by Crippen LogP contribution is 2.18. The number of piperidine rings is 1. The van der Waals surface area contributed by atoms with Crippen LogP contribution in [0.1, 0.15) is 34.7 Å². The molecule has 1 saturated heterocycles. The van der Waals surface area contributed by atoms with Gasteiger partial charge in [-0.1, -0.05) is 0 Å². The van der Waals surface area contributed by atoms with Gasteiger partial charge in [0, 0.05) is 6.04 Å². The van der Waals surface area contributed by atoms with E-state index in [2.05, 4.69) is 17.3 Å². The van der Waals surface area contributed by atoms with Crippen molar-refractivity contribution in [2.45, 2.75) is 32.4 Å². The average molecular weight is 252 g/mol. The summed E-state index contributed by atoms with van der Waals surface area (Å²) in [6.45, 7) is 4.45. The van der Waals surface area contributed by atoms with Crippen LogP contribution >= 0.6 is 0 Å². The van der Waals surface area contributed by atoms with Gasteiger partial charge in [0.2, 0.25) is 0 Å². The third kappa shape index (κ3) is 2.91. The molecule has 0 unspecified atom stereocenters. The van der Waals surface area contributed by atoms with Gasteiger partial charge in [-0.3, -0.25) is 4.90 Å². The van der Waals surface area contributed by atoms with E-state index in [4.69, 9.17) is 9.52 Å². The average Bonchev–Trinajstić information content (AvgIpc) is 2.71. The van der Waals surface area contributed by atoms with Crippen molar-refractivity contribution in [3.05, 3.63) is 23.2 Å². The first-order valence-electron chi connectivity index (χ1n) is 6.31. The second kappa shape index (κ2) is 5.54. The number of aromatic carboxylic acids is 1. The number of carbonyl (C=O) groups is 1. The Bertz CT molecular complexity index is 422. The van der Waals surface area contributed by atoms with Crippen LogP contribution < -0.4 is 5.32 Å². The molecule has 0 spiro atoms. The number of rotatable bonds is 4. The fourth-order valence-corrected chi connectivity index (χ4v) is 2.46. The Balaban J connectivity index is 2.00. The lowest BCUT2D eigenvalue weighted by atomic mass is 10.1. The maximum atomic E-state index is 10.9. The number of aryl methyl sites for hydroxylation is 1. The van der Waals surface area contributed by atoms with Crippen molar-refractivity contribution in [2.75, 3.05) is 20.1 Å². The number of furan rings is 1. The first kappa shape index (κ1) is 13.1. The summed E-state index contributed by atoms with van der Waals surface area (Å²) in [5.74, 6) is 0.286. The molecule has 0 bridgehead atoms. The molecular weight excluding hydrogens is 232 g/mol. The second-order valence-electron chi connectivity index (χ2n) is 4.88. The van der Waals surface area contributed by atoms with Crippen LogP contribution in [0.25, 0.3) is 0 Å². The van der Waals surface area contributed by atoms with Crippen molar-refractivity contribution < 1.29 is 14.3 Å². The van der Waals surface area contributed by atoms with Gasteiger partial charge in [-0.25, -0.2) is 4.79 Å². The lowest BCUT2D eigenvalue weighted by Crippen LogP contribution is -2.40. The van der Waals surface area contributed by atoms with Crippen molar-refractivity contribution >= 4 is 5.97 Å². The molecule has 18 heavy (non-hydrogen) atoms. The minimum absolute atomic E-state index is 0.267. The first-order valence-corrected chi connectivity index (χ1v) is 6.31. The van der Waals surface area contributed by atoms with E-state index < -0.39 is 5.97 Å². The second-order valence-corrected chi connectivity index (χ2v) is 4.88. The number of nitrogens with zero attached hydrogens (tertiary/aromatic N) is 1. The number of carboxylic acids is 1. The molecule has 0 aliphatic carbocycles. The van der Waals surface area contributed by atoms with Crippen LogP contribution in [0.2, 0.25) is 0 Å². The fourth-order valence-electron chi connectivity index (χ4n) is 2.46. The third-order valence-corrected chi connectivity index (χ3v) is 3.54. The number of hydrogen-bond acceptors (Lipinski definition) is 4. The Hall–Kier alpha value is -1.33. The van der Waals surface area contributed by atoms with E-state index in [1.165, 1.54) is 0 Å². The zero-order chi connectivity index (χ0) is 13.1. The molecule has 1 fully saturated rings. The first-order chi connectivity index (χ1) is 8.58. The van der Waals surface area contributed by atoms with Crippen molar-refractivity contribution in [3.8, 4) is 0 Å².